The van der Waals surface area contributed by atoms with Gasteiger partial charge in [-0.25, -0.2) is 4.39 Å². The van der Waals surface area contributed by atoms with Gasteiger partial charge in [-0.05, 0) is 37.0 Å². The van der Waals surface area contributed by atoms with Crippen LogP contribution in [-0.2, 0) is 11.3 Å². The van der Waals surface area contributed by atoms with E-state index in [9.17, 15) is 9.50 Å². The van der Waals surface area contributed by atoms with Crippen LogP contribution in [0.4, 0.5) is 4.39 Å². The van der Waals surface area contributed by atoms with E-state index in [0.717, 1.165) is 31.4 Å². The summed E-state index contributed by atoms with van der Waals surface area (Å²) in [5.41, 5.74) is 0.859. The molecule has 0 heterocycles. The molecule has 1 saturated carbocycles. The molecule has 0 saturated heterocycles. The van der Waals surface area contributed by atoms with Crippen LogP contribution < -0.4 is 10.1 Å². The molecule has 20 heavy (non-hydrogen) atoms. The Morgan fingerprint density at radius 3 is 2.90 bits per heavy atom. The monoisotopic (exact) mass is 283 g/mol. The molecule has 1 fully saturated rings. The molecular formula is C15H22FNO3. The predicted molar refractivity (Wildman–Crippen MR) is 74.3 cm³/mol. The number of aliphatic hydroxyl groups is 1. The summed E-state index contributed by atoms with van der Waals surface area (Å²) in [6.07, 6.45) is 1.67. The Morgan fingerprint density at radius 2 is 2.25 bits per heavy atom. The van der Waals surface area contributed by atoms with Gasteiger partial charge >= 0.3 is 0 Å². The largest absolute Gasteiger partial charge is 0.485 e. The summed E-state index contributed by atoms with van der Waals surface area (Å²) in [7, 11) is 1.64. The molecule has 2 rings (SSSR count). The van der Waals surface area contributed by atoms with E-state index in [1.807, 2.05) is 6.07 Å². The van der Waals surface area contributed by atoms with E-state index < -0.39 is 6.10 Å². The maximum atomic E-state index is 13.9. The third-order valence-electron chi connectivity index (χ3n) is 3.50. The van der Waals surface area contributed by atoms with Crippen molar-refractivity contribution in [2.24, 2.45) is 0 Å². The lowest BCUT2D eigenvalue weighted by Gasteiger charge is -2.17. The van der Waals surface area contributed by atoms with E-state index in [4.69, 9.17) is 9.47 Å². The predicted octanol–water partition coefficient (Wildman–Crippen LogP) is 1.85. The van der Waals surface area contributed by atoms with Crippen molar-refractivity contribution in [3.8, 4) is 5.75 Å². The molecule has 0 aliphatic heterocycles. The Morgan fingerprint density at radius 1 is 1.40 bits per heavy atom. The van der Waals surface area contributed by atoms with Crippen LogP contribution in [0.2, 0.25) is 0 Å². The van der Waals surface area contributed by atoms with Gasteiger partial charge in [0.2, 0.25) is 0 Å². The molecule has 0 bridgehead atoms. The highest BCUT2D eigenvalue weighted by Crippen LogP contribution is 2.26. The highest BCUT2D eigenvalue weighted by Gasteiger charge is 2.27. The van der Waals surface area contributed by atoms with Crippen LogP contribution >= 0.6 is 0 Å². The molecule has 1 aliphatic carbocycles. The quantitative estimate of drug-likeness (QED) is 0.750. The Labute approximate surface area is 118 Å². The Balaban J connectivity index is 1.88. The first-order valence-electron chi connectivity index (χ1n) is 7.03. The normalized spacial score (nSPS) is 22.1. The van der Waals surface area contributed by atoms with Gasteiger partial charge in [0.25, 0.3) is 0 Å². The van der Waals surface area contributed by atoms with Gasteiger partial charge in [0.15, 0.2) is 11.6 Å². The van der Waals surface area contributed by atoms with Gasteiger partial charge in [-0.15, -0.1) is 0 Å². The van der Waals surface area contributed by atoms with Gasteiger partial charge in [0.05, 0.1) is 12.7 Å². The van der Waals surface area contributed by atoms with E-state index in [-0.39, 0.29) is 17.7 Å². The van der Waals surface area contributed by atoms with Crippen molar-refractivity contribution in [2.75, 3.05) is 20.3 Å². The average Bonchev–Trinajstić information content (AvgIpc) is 2.83. The van der Waals surface area contributed by atoms with Crippen molar-refractivity contribution >= 4 is 0 Å². The summed E-state index contributed by atoms with van der Waals surface area (Å²) in [5.74, 6) is -0.160. The zero-order valence-corrected chi connectivity index (χ0v) is 11.8. The third kappa shape index (κ3) is 4.16. The lowest BCUT2D eigenvalue weighted by atomic mass is 10.2. The molecule has 2 atom stereocenters. The van der Waals surface area contributed by atoms with Crippen molar-refractivity contribution in [1.82, 2.24) is 5.32 Å². The number of hydrogen-bond donors (Lipinski definition) is 2. The fraction of sp³-hybridized carbons (Fsp3) is 0.600. The summed E-state index contributed by atoms with van der Waals surface area (Å²) in [6.45, 7) is 1.94. The minimum atomic E-state index is -0.482. The molecule has 4 nitrogen and oxygen atoms in total. The maximum Gasteiger partial charge on any atom is 0.165 e. The lowest BCUT2D eigenvalue weighted by molar-refractivity contribution is 0.0578. The van der Waals surface area contributed by atoms with Crippen LogP contribution in [0.15, 0.2) is 18.2 Å². The number of rotatable bonds is 7. The van der Waals surface area contributed by atoms with Crippen molar-refractivity contribution in [3.05, 3.63) is 29.6 Å². The zero-order chi connectivity index (χ0) is 14.4. The summed E-state index contributed by atoms with van der Waals surface area (Å²) >= 11 is 0. The second-order valence-electron chi connectivity index (χ2n) is 5.09. The average molecular weight is 283 g/mol. The highest BCUT2D eigenvalue weighted by molar-refractivity contribution is 5.29. The van der Waals surface area contributed by atoms with Crippen LogP contribution in [0, 0.1) is 5.82 Å². The van der Waals surface area contributed by atoms with Crippen LogP contribution in [0.3, 0.4) is 0 Å². The van der Waals surface area contributed by atoms with Gasteiger partial charge < -0.3 is 19.9 Å². The third-order valence-corrected chi connectivity index (χ3v) is 3.50. The van der Waals surface area contributed by atoms with E-state index in [1.165, 1.54) is 6.07 Å². The van der Waals surface area contributed by atoms with Crippen LogP contribution in [0.1, 0.15) is 24.8 Å². The minimum Gasteiger partial charge on any atom is -0.485 e. The molecule has 2 unspecified atom stereocenters. The second-order valence-corrected chi connectivity index (χ2v) is 5.09. The zero-order valence-electron chi connectivity index (χ0n) is 11.8. The second kappa shape index (κ2) is 7.57. The molecule has 0 radical (unpaired) electrons. The van der Waals surface area contributed by atoms with E-state index in [1.54, 1.807) is 13.2 Å². The van der Waals surface area contributed by atoms with Crippen molar-refractivity contribution in [3.63, 3.8) is 0 Å². The standard InChI is InChI=1S/C15H22FNO3/c1-19-8-7-17-10-11-5-6-14(12(16)9-11)20-15-4-2-3-13(15)18/h5-6,9,13,15,17-18H,2-4,7-8,10H2,1H3. The fourth-order valence-corrected chi connectivity index (χ4v) is 2.36. The van der Waals surface area contributed by atoms with E-state index in [0.29, 0.717) is 13.2 Å². The lowest BCUT2D eigenvalue weighted by Crippen LogP contribution is -2.26. The first-order valence-corrected chi connectivity index (χ1v) is 7.03. The minimum absolute atomic E-state index is 0.219. The smallest absolute Gasteiger partial charge is 0.165 e. The number of methoxy groups -OCH3 is 1. The summed E-state index contributed by atoms with van der Waals surface area (Å²) < 4.78 is 24.4. The van der Waals surface area contributed by atoms with Crippen LogP contribution in [0.5, 0.6) is 5.75 Å². The Hall–Kier alpha value is -1.17. The van der Waals surface area contributed by atoms with Gasteiger partial charge in [-0.3, -0.25) is 0 Å². The highest BCUT2D eigenvalue weighted by atomic mass is 19.1. The molecule has 1 aromatic rings. The van der Waals surface area contributed by atoms with Crippen LogP contribution in [-0.4, -0.2) is 37.6 Å². The summed E-state index contributed by atoms with van der Waals surface area (Å²) in [6, 6.07) is 4.93. The number of halogens is 1. The number of benzene rings is 1. The van der Waals surface area contributed by atoms with Crippen molar-refractivity contribution in [2.45, 2.75) is 38.0 Å². The molecule has 112 valence electrons. The fourth-order valence-electron chi connectivity index (χ4n) is 2.36. The molecule has 0 amide bonds. The van der Waals surface area contributed by atoms with Gasteiger partial charge in [0, 0.05) is 20.2 Å². The number of ether oxygens (including phenoxy) is 2. The molecule has 0 spiro atoms. The van der Waals surface area contributed by atoms with E-state index >= 15 is 0 Å². The van der Waals surface area contributed by atoms with Crippen LogP contribution in [0.25, 0.3) is 0 Å². The Kier molecular flexibility index (Phi) is 5.76. The van der Waals surface area contributed by atoms with Gasteiger partial charge in [-0.1, -0.05) is 6.07 Å². The summed E-state index contributed by atoms with van der Waals surface area (Å²) in [4.78, 5) is 0. The molecule has 5 heteroatoms. The molecule has 1 aromatic carbocycles. The molecule has 0 aromatic heterocycles. The van der Waals surface area contributed by atoms with E-state index in [2.05, 4.69) is 5.32 Å². The van der Waals surface area contributed by atoms with Gasteiger partial charge in [-0.2, -0.15) is 0 Å². The first-order chi connectivity index (χ1) is 9.70. The Bertz CT molecular complexity index is 428. The molecular weight excluding hydrogens is 261 g/mol. The SMILES string of the molecule is COCCNCc1ccc(OC2CCCC2O)c(F)c1. The summed E-state index contributed by atoms with van der Waals surface area (Å²) in [5, 5.41) is 12.9. The van der Waals surface area contributed by atoms with Crippen molar-refractivity contribution in [1.29, 1.82) is 0 Å². The number of aliphatic hydroxyl groups excluding tert-OH is 1. The molecule has 1 aliphatic rings. The van der Waals surface area contributed by atoms with Gasteiger partial charge in [0.1, 0.15) is 6.10 Å². The number of hydrogen-bond acceptors (Lipinski definition) is 4. The first kappa shape index (κ1) is 15.2. The van der Waals surface area contributed by atoms with Crippen molar-refractivity contribution < 1.29 is 19.0 Å². The maximum absolute atomic E-state index is 13.9. The topological polar surface area (TPSA) is 50.7 Å². The molecule has 2 N–H and O–H groups in total. The number of nitrogens with one attached hydrogen (secondary N) is 1.